The number of carbonyl (C=O) groups is 2. The molecule has 6 atom stereocenters. The molecule has 4 unspecified atom stereocenters. The van der Waals surface area contributed by atoms with Crippen molar-refractivity contribution in [3.63, 3.8) is 0 Å². The molecule has 4 bridgehead atoms. The first-order chi connectivity index (χ1) is 13.2. The predicted molar refractivity (Wildman–Crippen MR) is 107 cm³/mol. The Morgan fingerprint density at radius 3 is 2.39 bits per heavy atom. The lowest BCUT2D eigenvalue weighted by Crippen LogP contribution is -2.73. The number of halogens is 2. The summed E-state index contributed by atoms with van der Waals surface area (Å²) in [5, 5.41) is 11.2. The van der Waals surface area contributed by atoms with Crippen LogP contribution in [-0.2, 0) is 9.59 Å². The Labute approximate surface area is 175 Å². The third-order valence-corrected chi connectivity index (χ3v) is 8.84. The van der Waals surface area contributed by atoms with Crippen LogP contribution in [0.15, 0.2) is 18.2 Å². The van der Waals surface area contributed by atoms with Crippen molar-refractivity contribution < 1.29 is 14.7 Å². The summed E-state index contributed by atoms with van der Waals surface area (Å²) in [6.45, 7) is 3.86. The van der Waals surface area contributed by atoms with Crippen molar-refractivity contribution in [1.82, 2.24) is 4.90 Å². The number of carboxylic acids is 1. The molecule has 4 nitrogen and oxygen atoms in total. The van der Waals surface area contributed by atoms with Crippen molar-refractivity contribution in [2.75, 3.05) is 0 Å². The zero-order valence-electron chi connectivity index (χ0n) is 16.1. The number of carbonyl (C=O) groups excluding carboxylic acids is 1. The summed E-state index contributed by atoms with van der Waals surface area (Å²) in [6, 6.07) is 5.02. The van der Waals surface area contributed by atoms with Crippen LogP contribution in [0.4, 0.5) is 0 Å². The van der Waals surface area contributed by atoms with Gasteiger partial charge in [-0.15, -0.1) is 0 Å². The van der Waals surface area contributed by atoms with Crippen LogP contribution in [0.25, 0.3) is 0 Å². The Morgan fingerprint density at radius 1 is 1.14 bits per heavy atom. The Morgan fingerprint density at radius 2 is 1.79 bits per heavy atom. The average molecular weight is 422 g/mol. The van der Waals surface area contributed by atoms with Crippen LogP contribution in [0.5, 0.6) is 0 Å². The van der Waals surface area contributed by atoms with Crippen LogP contribution in [0, 0.1) is 28.6 Å². The van der Waals surface area contributed by atoms with Crippen molar-refractivity contribution in [3.8, 4) is 0 Å². The van der Waals surface area contributed by atoms with Gasteiger partial charge in [0.25, 0.3) is 0 Å². The van der Waals surface area contributed by atoms with E-state index in [4.69, 9.17) is 23.2 Å². The highest BCUT2D eigenvalue weighted by Crippen LogP contribution is 2.65. The van der Waals surface area contributed by atoms with Crippen LogP contribution in [0.1, 0.15) is 57.6 Å². The largest absolute Gasteiger partial charge is 0.481 e. The Hall–Kier alpha value is -1.26. The molecule has 0 aromatic heterocycles. The zero-order chi connectivity index (χ0) is 20.0. The third-order valence-electron chi connectivity index (χ3n) is 8.01. The Kier molecular flexibility index (Phi) is 3.94. The number of aliphatic carboxylic acids is 1. The average Bonchev–Trinajstić information content (AvgIpc) is 2.62. The van der Waals surface area contributed by atoms with Gasteiger partial charge in [-0.05, 0) is 75.3 Å². The van der Waals surface area contributed by atoms with E-state index in [-0.39, 0.29) is 23.9 Å². The molecule has 6 rings (SSSR count). The van der Waals surface area contributed by atoms with E-state index < -0.39 is 16.8 Å². The number of benzene rings is 1. The predicted octanol–water partition coefficient (Wildman–Crippen LogP) is 5.18. The van der Waals surface area contributed by atoms with Crippen LogP contribution in [0.2, 0.25) is 10.0 Å². The summed E-state index contributed by atoms with van der Waals surface area (Å²) in [4.78, 5) is 27.7. The highest BCUT2D eigenvalue weighted by molar-refractivity contribution is 6.42. The number of hydrogen-bond acceptors (Lipinski definition) is 2. The lowest BCUT2D eigenvalue weighted by molar-refractivity contribution is -0.213. The molecule has 150 valence electrons. The maximum atomic E-state index is 13.3. The summed E-state index contributed by atoms with van der Waals surface area (Å²) >= 11 is 12.8. The van der Waals surface area contributed by atoms with Crippen LogP contribution >= 0.6 is 23.2 Å². The topological polar surface area (TPSA) is 57.6 Å². The molecule has 5 aliphatic rings. The minimum Gasteiger partial charge on any atom is -0.481 e. The molecular formula is C22H25Cl2NO3. The fourth-order valence-electron chi connectivity index (χ4n) is 7.21. The zero-order valence-corrected chi connectivity index (χ0v) is 17.6. The summed E-state index contributed by atoms with van der Waals surface area (Å²) in [7, 11) is 0. The molecule has 0 spiro atoms. The van der Waals surface area contributed by atoms with E-state index >= 15 is 0 Å². The molecule has 1 aliphatic heterocycles. The molecule has 28 heavy (non-hydrogen) atoms. The van der Waals surface area contributed by atoms with Gasteiger partial charge in [0.1, 0.15) is 0 Å². The maximum Gasteiger partial charge on any atom is 0.311 e. The molecule has 4 aliphatic carbocycles. The SMILES string of the molecule is CC1(C)C(=O)N([C@@H]2C3CC4C[C@H](C3)CC2(C(=O)O)C4)C1c1cccc(Cl)c1Cl. The summed E-state index contributed by atoms with van der Waals surface area (Å²) < 4.78 is 0. The second-order valence-corrected chi connectivity index (χ2v) is 10.8. The molecule has 4 saturated carbocycles. The molecular weight excluding hydrogens is 397 g/mol. The fourth-order valence-corrected chi connectivity index (χ4v) is 7.63. The standard InChI is InChI=1S/C22H25Cl2NO3/c1-21(2)18(14-4-3-5-15(23)16(14)24)25(19(21)26)17-13-7-11-6-12(8-13)10-22(17,9-11)20(27)28/h3-5,11-13,17-18H,6-10H2,1-2H3,(H,27,28)/t11-,12?,13?,17-,18?,22?/m1/s1. The lowest BCUT2D eigenvalue weighted by atomic mass is 9.46. The minimum absolute atomic E-state index is 0.0339. The summed E-state index contributed by atoms with van der Waals surface area (Å²) in [5.41, 5.74) is -0.611. The number of likely N-dealkylation sites (tertiary alicyclic amines) is 1. The summed E-state index contributed by atoms with van der Waals surface area (Å²) in [6.07, 6.45) is 4.62. The van der Waals surface area contributed by atoms with Gasteiger partial charge in [0.2, 0.25) is 5.91 Å². The van der Waals surface area contributed by atoms with Gasteiger partial charge in [-0.3, -0.25) is 9.59 Å². The van der Waals surface area contributed by atoms with Crippen molar-refractivity contribution in [3.05, 3.63) is 33.8 Å². The van der Waals surface area contributed by atoms with Gasteiger partial charge >= 0.3 is 5.97 Å². The van der Waals surface area contributed by atoms with Gasteiger partial charge in [-0.25, -0.2) is 0 Å². The van der Waals surface area contributed by atoms with Crippen molar-refractivity contribution in [2.24, 2.45) is 28.6 Å². The van der Waals surface area contributed by atoms with E-state index in [1.54, 1.807) is 6.07 Å². The van der Waals surface area contributed by atoms with Crippen molar-refractivity contribution >= 4 is 35.1 Å². The molecule has 1 N–H and O–H groups in total. The number of nitrogens with zero attached hydrogens (tertiary/aromatic N) is 1. The highest BCUT2D eigenvalue weighted by Gasteiger charge is 2.68. The number of hydrogen-bond donors (Lipinski definition) is 1. The molecule has 1 saturated heterocycles. The van der Waals surface area contributed by atoms with Gasteiger partial charge in [0.15, 0.2) is 0 Å². The molecule has 1 aromatic rings. The van der Waals surface area contributed by atoms with E-state index in [1.165, 1.54) is 0 Å². The normalized spacial score (nSPS) is 40.5. The van der Waals surface area contributed by atoms with Crippen molar-refractivity contribution in [2.45, 2.75) is 58.0 Å². The number of rotatable bonds is 3. The van der Waals surface area contributed by atoms with Crippen LogP contribution in [-0.4, -0.2) is 27.9 Å². The molecule has 1 aromatic carbocycles. The van der Waals surface area contributed by atoms with Gasteiger partial charge < -0.3 is 10.0 Å². The highest BCUT2D eigenvalue weighted by atomic mass is 35.5. The monoisotopic (exact) mass is 421 g/mol. The first-order valence-electron chi connectivity index (χ1n) is 10.2. The molecule has 1 amide bonds. The number of β-lactam (4-membered cyclic amide) rings is 1. The first-order valence-corrected chi connectivity index (χ1v) is 10.9. The summed E-state index contributed by atoms with van der Waals surface area (Å²) in [5.74, 6) is 0.546. The van der Waals surface area contributed by atoms with Gasteiger partial charge in [0.05, 0.1) is 33.0 Å². The van der Waals surface area contributed by atoms with Crippen LogP contribution in [0.3, 0.4) is 0 Å². The second kappa shape index (κ2) is 5.89. The Bertz CT molecular complexity index is 869. The smallest absolute Gasteiger partial charge is 0.311 e. The molecule has 5 fully saturated rings. The number of amides is 1. The van der Waals surface area contributed by atoms with E-state index in [0.29, 0.717) is 34.7 Å². The van der Waals surface area contributed by atoms with E-state index in [9.17, 15) is 14.7 Å². The van der Waals surface area contributed by atoms with Crippen molar-refractivity contribution in [1.29, 1.82) is 0 Å². The second-order valence-electron chi connectivity index (χ2n) is 9.99. The van der Waals surface area contributed by atoms with E-state index in [1.807, 2.05) is 30.9 Å². The van der Waals surface area contributed by atoms with Crippen LogP contribution < -0.4 is 0 Å². The van der Waals surface area contributed by atoms with E-state index in [0.717, 1.165) is 24.8 Å². The molecule has 1 heterocycles. The first kappa shape index (κ1) is 18.7. The molecule has 6 heteroatoms. The quantitative estimate of drug-likeness (QED) is 0.683. The maximum absolute atomic E-state index is 13.3. The fraction of sp³-hybridized carbons (Fsp3) is 0.636. The number of carboxylic acid groups (broad SMARTS) is 1. The van der Waals surface area contributed by atoms with E-state index in [2.05, 4.69) is 0 Å². The Balaban J connectivity index is 1.62. The minimum atomic E-state index is -0.815. The van der Waals surface area contributed by atoms with Gasteiger partial charge in [-0.1, -0.05) is 35.3 Å². The van der Waals surface area contributed by atoms with Gasteiger partial charge in [0, 0.05) is 0 Å². The molecule has 0 radical (unpaired) electrons. The lowest BCUT2D eigenvalue weighted by Gasteiger charge is -2.67. The van der Waals surface area contributed by atoms with Gasteiger partial charge in [-0.2, -0.15) is 0 Å². The third kappa shape index (κ3) is 2.25.